The molecular weight excluding hydrogens is 362 g/mol. The third-order valence-corrected chi connectivity index (χ3v) is 4.76. The maximum Gasteiger partial charge on any atom is 0.414 e. The quantitative estimate of drug-likeness (QED) is 0.837. The van der Waals surface area contributed by atoms with Gasteiger partial charge in [-0.3, -0.25) is 19.5 Å². The average molecular weight is 385 g/mol. The normalized spacial score (nSPS) is 21.1. The lowest BCUT2D eigenvalue weighted by Gasteiger charge is -2.20. The number of aliphatic carboxylic acids is 1. The molecular formula is C20H23N3O5. The van der Waals surface area contributed by atoms with Crippen molar-refractivity contribution in [3.05, 3.63) is 58.0 Å². The summed E-state index contributed by atoms with van der Waals surface area (Å²) < 4.78 is 6.38. The molecule has 1 saturated carbocycles. The van der Waals surface area contributed by atoms with Crippen LogP contribution in [0, 0.1) is 0 Å². The molecule has 0 spiro atoms. The zero-order chi connectivity index (χ0) is 20.7. The molecule has 1 fully saturated rings. The summed E-state index contributed by atoms with van der Waals surface area (Å²) in [6.07, 6.45) is -0.409. The van der Waals surface area contributed by atoms with Crippen molar-refractivity contribution >= 4 is 18.0 Å². The minimum Gasteiger partial charge on any atom is -0.481 e. The Morgan fingerprint density at radius 2 is 1.93 bits per heavy atom. The zero-order valence-corrected chi connectivity index (χ0v) is 16.2. The molecule has 1 amide bonds. The minimum absolute atomic E-state index is 0.0102. The number of nitrogens with zero attached hydrogens (tertiary/aromatic N) is 2. The molecule has 0 unspecified atom stereocenters. The monoisotopic (exact) mass is 385 g/mol. The van der Waals surface area contributed by atoms with Crippen LogP contribution in [0.25, 0.3) is 0 Å². The third-order valence-electron chi connectivity index (χ3n) is 4.76. The Kier molecular flexibility index (Phi) is 4.74. The summed E-state index contributed by atoms with van der Waals surface area (Å²) in [5.74, 6) is -1.41. The molecule has 2 aromatic rings. The molecule has 1 heterocycles. The van der Waals surface area contributed by atoms with Gasteiger partial charge in [-0.2, -0.15) is 0 Å². The van der Waals surface area contributed by atoms with E-state index in [2.05, 4.69) is 10.3 Å². The molecule has 1 aliphatic carbocycles. The van der Waals surface area contributed by atoms with Crippen molar-refractivity contribution in [3.8, 4) is 0 Å². The van der Waals surface area contributed by atoms with Gasteiger partial charge >= 0.3 is 12.1 Å². The highest BCUT2D eigenvalue weighted by molar-refractivity contribution is 5.88. The van der Waals surface area contributed by atoms with Crippen LogP contribution in [0.5, 0.6) is 0 Å². The molecule has 8 heteroatoms. The molecule has 3 rings (SSSR count). The van der Waals surface area contributed by atoms with Crippen LogP contribution in [0.2, 0.25) is 0 Å². The fourth-order valence-corrected chi connectivity index (χ4v) is 3.28. The number of amides is 1. The van der Waals surface area contributed by atoms with Gasteiger partial charge in [-0.25, -0.2) is 9.78 Å². The number of carbonyl (C=O) groups excluding carboxylic acids is 1. The zero-order valence-electron chi connectivity index (χ0n) is 16.2. The van der Waals surface area contributed by atoms with Crippen molar-refractivity contribution in [1.29, 1.82) is 0 Å². The lowest BCUT2D eigenvalue weighted by Crippen LogP contribution is -2.31. The Labute approximate surface area is 162 Å². The van der Waals surface area contributed by atoms with E-state index >= 15 is 0 Å². The van der Waals surface area contributed by atoms with Crippen LogP contribution in [0.4, 0.5) is 10.7 Å². The molecule has 0 saturated heterocycles. The number of benzene rings is 1. The average Bonchev–Trinajstić information content (AvgIpc) is 3.35. The van der Waals surface area contributed by atoms with Crippen LogP contribution in [-0.4, -0.2) is 32.3 Å². The van der Waals surface area contributed by atoms with Gasteiger partial charge in [0.05, 0.1) is 5.69 Å². The molecule has 28 heavy (non-hydrogen) atoms. The highest BCUT2D eigenvalue weighted by atomic mass is 16.6. The van der Waals surface area contributed by atoms with E-state index in [4.69, 9.17) is 4.74 Å². The first-order valence-corrected chi connectivity index (χ1v) is 8.91. The fraction of sp³-hybridized carbons (Fsp3) is 0.400. The first-order chi connectivity index (χ1) is 13.0. The molecule has 148 valence electrons. The molecule has 1 aromatic carbocycles. The van der Waals surface area contributed by atoms with Gasteiger partial charge in [-0.1, -0.05) is 30.3 Å². The Morgan fingerprint density at radius 1 is 1.29 bits per heavy atom. The van der Waals surface area contributed by atoms with Gasteiger partial charge in [0.1, 0.15) is 11.0 Å². The first kappa shape index (κ1) is 19.6. The van der Waals surface area contributed by atoms with E-state index in [0.717, 1.165) is 0 Å². The summed E-state index contributed by atoms with van der Waals surface area (Å²) in [5.41, 5.74) is -1.22. The van der Waals surface area contributed by atoms with Crippen molar-refractivity contribution in [3.63, 3.8) is 0 Å². The van der Waals surface area contributed by atoms with Crippen LogP contribution in [0.3, 0.4) is 0 Å². The lowest BCUT2D eigenvalue weighted by molar-refractivity contribution is -0.140. The number of ether oxygens (including phenoxy) is 1. The Bertz CT molecular complexity index is 978. The number of carboxylic acids is 1. The second-order valence-electron chi connectivity index (χ2n) is 7.93. The van der Waals surface area contributed by atoms with Crippen molar-refractivity contribution in [2.24, 2.45) is 7.05 Å². The smallest absolute Gasteiger partial charge is 0.414 e. The van der Waals surface area contributed by atoms with Crippen molar-refractivity contribution in [2.45, 2.75) is 44.1 Å². The Morgan fingerprint density at radius 3 is 2.50 bits per heavy atom. The van der Waals surface area contributed by atoms with Gasteiger partial charge < -0.3 is 9.84 Å². The number of aromatic nitrogens is 2. The van der Waals surface area contributed by atoms with Crippen molar-refractivity contribution in [2.75, 3.05) is 5.32 Å². The maximum absolute atomic E-state index is 12.4. The summed E-state index contributed by atoms with van der Waals surface area (Å²) in [6.45, 7) is 5.17. The predicted molar refractivity (Wildman–Crippen MR) is 102 cm³/mol. The number of hydrogen-bond donors (Lipinski definition) is 2. The van der Waals surface area contributed by atoms with Crippen molar-refractivity contribution in [1.82, 2.24) is 9.55 Å². The van der Waals surface area contributed by atoms with E-state index < -0.39 is 34.6 Å². The molecule has 2 atom stereocenters. The predicted octanol–water partition coefficient (Wildman–Crippen LogP) is 2.64. The number of nitrogens with one attached hydrogen (secondary N) is 1. The van der Waals surface area contributed by atoms with Crippen LogP contribution in [-0.2, 0) is 22.0 Å². The summed E-state index contributed by atoms with van der Waals surface area (Å²) in [7, 11) is 1.47. The maximum atomic E-state index is 12.4. The van der Waals surface area contributed by atoms with Gasteiger partial charge in [0.25, 0.3) is 5.56 Å². The summed E-state index contributed by atoms with van der Waals surface area (Å²) >= 11 is 0. The molecule has 0 bridgehead atoms. The number of rotatable bonds is 4. The second-order valence-corrected chi connectivity index (χ2v) is 7.93. The molecule has 8 nitrogen and oxygen atoms in total. The van der Waals surface area contributed by atoms with Crippen LogP contribution in [0.1, 0.15) is 44.4 Å². The third kappa shape index (κ3) is 3.62. The van der Waals surface area contributed by atoms with Gasteiger partial charge in [0, 0.05) is 19.0 Å². The highest BCUT2D eigenvalue weighted by Crippen LogP contribution is 2.60. The number of carboxylic acid groups (broad SMARTS) is 1. The van der Waals surface area contributed by atoms with E-state index in [0.29, 0.717) is 17.7 Å². The minimum atomic E-state index is -1.12. The fourth-order valence-electron chi connectivity index (χ4n) is 3.28. The molecule has 1 aliphatic rings. The Balaban J connectivity index is 1.94. The van der Waals surface area contributed by atoms with E-state index in [1.54, 1.807) is 45.0 Å². The summed E-state index contributed by atoms with van der Waals surface area (Å²) in [4.78, 5) is 40.8. The van der Waals surface area contributed by atoms with Crippen LogP contribution in [0.15, 0.2) is 41.2 Å². The number of hydrogen-bond acceptors (Lipinski definition) is 5. The SMILES string of the molecule is Cn1c(NC(=O)OC(C)(C)C)nc([C@H]2C[C@]2(C(=O)O)c2ccccc2)cc1=O. The van der Waals surface area contributed by atoms with Crippen LogP contribution >= 0.6 is 0 Å². The highest BCUT2D eigenvalue weighted by Gasteiger charge is 2.63. The van der Waals surface area contributed by atoms with E-state index in [-0.39, 0.29) is 5.95 Å². The topological polar surface area (TPSA) is 111 Å². The summed E-state index contributed by atoms with van der Waals surface area (Å²) in [6, 6.07) is 10.2. The van der Waals surface area contributed by atoms with Crippen LogP contribution < -0.4 is 10.9 Å². The largest absolute Gasteiger partial charge is 0.481 e. The van der Waals surface area contributed by atoms with Crippen molar-refractivity contribution < 1.29 is 19.4 Å². The molecule has 1 aromatic heterocycles. The lowest BCUT2D eigenvalue weighted by atomic mass is 9.92. The van der Waals surface area contributed by atoms with E-state index in [9.17, 15) is 19.5 Å². The number of carbonyl (C=O) groups is 2. The van der Waals surface area contributed by atoms with Gasteiger partial charge in [-0.05, 0) is 32.8 Å². The van der Waals surface area contributed by atoms with Gasteiger partial charge in [0.15, 0.2) is 0 Å². The number of anilines is 1. The molecule has 2 N–H and O–H groups in total. The van der Waals surface area contributed by atoms with Gasteiger partial charge in [0.2, 0.25) is 5.95 Å². The molecule has 0 radical (unpaired) electrons. The standard InChI is InChI=1S/C20H23N3O5/c1-19(2,3)28-18(27)22-17-21-14(10-15(24)23(17)4)13-11-20(13,16(25)26)12-8-6-5-7-9-12/h5-10,13H,11H2,1-4H3,(H,25,26)(H,21,22,27)/t13-,20+/m1/s1. The van der Waals surface area contributed by atoms with E-state index in [1.165, 1.54) is 17.7 Å². The van der Waals surface area contributed by atoms with E-state index in [1.807, 2.05) is 6.07 Å². The first-order valence-electron chi connectivity index (χ1n) is 8.91. The van der Waals surface area contributed by atoms with Gasteiger partial charge in [-0.15, -0.1) is 0 Å². The second kappa shape index (κ2) is 6.78. The summed E-state index contributed by atoms with van der Waals surface area (Å²) in [5, 5.41) is 12.3. The molecule has 0 aliphatic heterocycles. The Hall–Kier alpha value is -3.16.